The minimum atomic E-state index is -0.397. The SMILES string of the molecule is CCOc1ccc(/C=C/C(=O)NCc2cccc(NC(=O)c3ccc(F)cc3)c2)cc1. The minimum absolute atomic E-state index is 0.227. The number of carbonyl (C=O) groups excluding carboxylic acids is 2. The van der Waals surface area contributed by atoms with Gasteiger partial charge in [-0.1, -0.05) is 24.3 Å². The highest BCUT2D eigenvalue weighted by molar-refractivity contribution is 6.04. The topological polar surface area (TPSA) is 67.4 Å². The van der Waals surface area contributed by atoms with E-state index in [0.717, 1.165) is 16.9 Å². The lowest BCUT2D eigenvalue weighted by Gasteiger charge is -2.08. The molecule has 3 aromatic carbocycles. The van der Waals surface area contributed by atoms with Crippen molar-refractivity contribution >= 4 is 23.6 Å². The van der Waals surface area contributed by atoms with Gasteiger partial charge in [0.15, 0.2) is 0 Å². The molecule has 31 heavy (non-hydrogen) atoms. The third-order valence-electron chi connectivity index (χ3n) is 4.38. The van der Waals surface area contributed by atoms with E-state index in [0.29, 0.717) is 24.4 Å². The zero-order valence-electron chi connectivity index (χ0n) is 17.1. The number of carbonyl (C=O) groups is 2. The maximum atomic E-state index is 13.0. The molecule has 0 saturated carbocycles. The number of hydrogen-bond donors (Lipinski definition) is 2. The fourth-order valence-corrected chi connectivity index (χ4v) is 2.83. The van der Waals surface area contributed by atoms with Crippen LogP contribution in [0.2, 0.25) is 0 Å². The third-order valence-corrected chi connectivity index (χ3v) is 4.38. The van der Waals surface area contributed by atoms with Gasteiger partial charge >= 0.3 is 0 Å². The lowest BCUT2D eigenvalue weighted by atomic mass is 10.1. The number of hydrogen-bond acceptors (Lipinski definition) is 3. The maximum Gasteiger partial charge on any atom is 0.255 e. The van der Waals surface area contributed by atoms with E-state index in [1.54, 1.807) is 24.3 Å². The first-order valence-corrected chi connectivity index (χ1v) is 9.88. The fraction of sp³-hybridized carbons (Fsp3) is 0.120. The lowest BCUT2D eigenvalue weighted by molar-refractivity contribution is -0.116. The summed E-state index contributed by atoms with van der Waals surface area (Å²) in [5, 5.41) is 5.58. The molecule has 0 aliphatic heterocycles. The van der Waals surface area contributed by atoms with Gasteiger partial charge in [-0.05, 0) is 72.7 Å². The zero-order valence-corrected chi connectivity index (χ0v) is 17.1. The van der Waals surface area contributed by atoms with Crippen LogP contribution in [0.3, 0.4) is 0 Å². The molecule has 0 aliphatic carbocycles. The molecule has 3 aromatic rings. The van der Waals surface area contributed by atoms with E-state index in [9.17, 15) is 14.0 Å². The molecule has 0 unspecified atom stereocenters. The van der Waals surface area contributed by atoms with Gasteiger partial charge in [-0.25, -0.2) is 4.39 Å². The molecule has 6 heteroatoms. The summed E-state index contributed by atoms with van der Waals surface area (Å²) in [6.45, 7) is 2.84. The summed E-state index contributed by atoms with van der Waals surface area (Å²) in [4.78, 5) is 24.4. The van der Waals surface area contributed by atoms with Gasteiger partial charge in [0.1, 0.15) is 11.6 Å². The number of amides is 2. The Morgan fingerprint density at radius 3 is 2.45 bits per heavy atom. The second-order valence-corrected chi connectivity index (χ2v) is 6.71. The molecule has 0 atom stereocenters. The Hall–Kier alpha value is -3.93. The zero-order chi connectivity index (χ0) is 22.1. The molecule has 0 fully saturated rings. The van der Waals surface area contributed by atoms with E-state index < -0.39 is 5.82 Å². The van der Waals surface area contributed by atoms with Crippen molar-refractivity contribution in [2.75, 3.05) is 11.9 Å². The van der Waals surface area contributed by atoms with E-state index in [1.807, 2.05) is 37.3 Å². The van der Waals surface area contributed by atoms with Crippen molar-refractivity contribution in [1.82, 2.24) is 5.32 Å². The molecule has 5 nitrogen and oxygen atoms in total. The number of rotatable bonds is 8. The Bertz CT molecular complexity index is 1060. The van der Waals surface area contributed by atoms with Gasteiger partial charge in [0, 0.05) is 23.9 Å². The van der Waals surface area contributed by atoms with Crippen LogP contribution in [-0.2, 0) is 11.3 Å². The second-order valence-electron chi connectivity index (χ2n) is 6.71. The van der Waals surface area contributed by atoms with E-state index >= 15 is 0 Å². The van der Waals surface area contributed by atoms with E-state index in [-0.39, 0.29) is 11.8 Å². The van der Waals surface area contributed by atoms with Crippen LogP contribution in [0.25, 0.3) is 6.08 Å². The first-order chi connectivity index (χ1) is 15.0. The van der Waals surface area contributed by atoms with Crippen LogP contribution in [0.15, 0.2) is 78.9 Å². The predicted molar refractivity (Wildman–Crippen MR) is 119 cm³/mol. The largest absolute Gasteiger partial charge is 0.494 e. The summed E-state index contributed by atoms with van der Waals surface area (Å²) in [5.74, 6) is -0.171. The lowest BCUT2D eigenvalue weighted by Crippen LogP contribution is -2.20. The summed E-state index contributed by atoms with van der Waals surface area (Å²) >= 11 is 0. The highest BCUT2D eigenvalue weighted by Crippen LogP contribution is 2.14. The van der Waals surface area contributed by atoms with E-state index in [1.165, 1.54) is 30.3 Å². The highest BCUT2D eigenvalue weighted by atomic mass is 19.1. The highest BCUT2D eigenvalue weighted by Gasteiger charge is 2.07. The molecular weight excluding hydrogens is 395 g/mol. The average Bonchev–Trinajstić information content (AvgIpc) is 2.78. The molecule has 0 spiro atoms. The maximum absolute atomic E-state index is 13.0. The minimum Gasteiger partial charge on any atom is -0.494 e. The monoisotopic (exact) mass is 418 g/mol. The molecule has 0 saturated heterocycles. The van der Waals surface area contributed by atoms with Crippen molar-refractivity contribution in [1.29, 1.82) is 0 Å². The van der Waals surface area contributed by atoms with Crippen molar-refractivity contribution in [2.45, 2.75) is 13.5 Å². The van der Waals surface area contributed by atoms with Gasteiger partial charge in [0.25, 0.3) is 5.91 Å². The Labute approximate surface area is 180 Å². The first kappa shape index (κ1) is 21.8. The molecule has 2 N–H and O–H groups in total. The van der Waals surface area contributed by atoms with Gasteiger partial charge in [-0.15, -0.1) is 0 Å². The predicted octanol–water partition coefficient (Wildman–Crippen LogP) is 4.81. The van der Waals surface area contributed by atoms with Crippen LogP contribution in [0.4, 0.5) is 10.1 Å². The van der Waals surface area contributed by atoms with Crippen LogP contribution in [0.5, 0.6) is 5.75 Å². The summed E-state index contributed by atoms with van der Waals surface area (Å²) < 4.78 is 18.4. The molecule has 2 amide bonds. The Balaban J connectivity index is 1.52. The fourth-order valence-electron chi connectivity index (χ4n) is 2.83. The quantitative estimate of drug-likeness (QED) is 0.516. The second kappa shape index (κ2) is 10.7. The van der Waals surface area contributed by atoms with E-state index in [4.69, 9.17) is 4.74 Å². The smallest absolute Gasteiger partial charge is 0.255 e. The van der Waals surface area contributed by atoms with Crippen molar-refractivity contribution in [3.63, 3.8) is 0 Å². The molecular formula is C25H23FN2O3. The van der Waals surface area contributed by atoms with Crippen LogP contribution < -0.4 is 15.4 Å². The van der Waals surface area contributed by atoms with Crippen molar-refractivity contribution in [2.24, 2.45) is 0 Å². The van der Waals surface area contributed by atoms with Gasteiger partial charge in [0.05, 0.1) is 6.61 Å². The van der Waals surface area contributed by atoms with Crippen molar-refractivity contribution in [3.05, 3.63) is 101 Å². The van der Waals surface area contributed by atoms with Crippen LogP contribution in [-0.4, -0.2) is 18.4 Å². The Morgan fingerprint density at radius 2 is 1.74 bits per heavy atom. The average molecular weight is 418 g/mol. The molecule has 3 rings (SSSR count). The van der Waals surface area contributed by atoms with Crippen LogP contribution >= 0.6 is 0 Å². The molecule has 0 bridgehead atoms. The molecule has 0 aromatic heterocycles. The number of benzene rings is 3. The summed E-state index contributed by atoms with van der Waals surface area (Å²) in [6, 6.07) is 19.9. The molecule has 0 radical (unpaired) electrons. The standard InChI is InChI=1S/C25H23FN2O3/c1-2-31-23-13-6-18(7-14-23)8-15-24(29)27-17-19-4-3-5-22(16-19)28-25(30)20-9-11-21(26)12-10-20/h3-16H,2,17H2,1H3,(H,27,29)(H,28,30)/b15-8+. The normalized spacial score (nSPS) is 10.6. The van der Waals surface area contributed by atoms with Gasteiger partial charge in [-0.3, -0.25) is 9.59 Å². The van der Waals surface area contributed by atoms with Gasteiger partial charge in [0.2, 0.25) is 5.91 Å². The summed E-state index contributed by atoms with van der Waals surface area (Å²) in [5.41, 5.74) is 2.68. The van der Waals surface area contributed by atoms with Gasteiger partial charge in [-0.2, -0.15) is 0 Å². The van der Waals surface area contributed by atoms with Crippen LogP contribution in [0, 0.1) is 5.82 Å². The number of anilines is 1. The van der Waals surface area contributed by atoms with Crippen molar-refractivity contribution < 1.29 is 18.7 Å². The number of ether oxygens (including phenoxy) is 1. The molecule has 0 aliphatic rings. The summed E-state index contributed by atoms with van der Waals surface area (Å²) in [7, 11) is 0. The Kier molecular flexibility index (Phi) is 7.54. The number of halogens is 1. The molecule has 0 heterocycles. The van der Waals surface area contributed by atoms with Crippen molar-refractivity contribution in [3.8, 4) is 5.75 Å². The number of nitrogens with one attached hydrogen (secondary N) is 2. The Morgan fingerprint density at radius 1 is 1.00 bits per heavy atom. The van der Waals surface area contributed by atoms with Crippen LogP contribution in [0.1, 0.15) is 28.4 Å². The third kappa shape index (κ3) is 6.82. The van der Waals surface area contributed by atoms with E-state index in [2.05, 4.69) is 10.6 Å². The summed E-state index contributed by atoms with van der Waals surface area (Å²) in [6.07, 6.45) is 3.19. The first-order valence-electron chi connectivity index (χ1n) is 9.88. The molecule has 158 valence electrons. The van der Waals surface area contributed by atoms with Gasteiger partial charge < -0.3 is 15.4 Å².